The van der Waals surface area contributed by atoms with Crippen LogP contribution in [0.2, 0.25) is 0 Å². The van der Waals surface area contributed by atoms with Crippen molar-refractivity contribution in [3.63, 3.8) is 0 Å². The summed E-state index contributed by atoms with van der Waals surface area (Å²) >= 11 is 0. The third kappa shape index (κ3) is 5.60. The van der Waals surface area contributed by atoms with E-state index in [2.05, 4.69) is 45.4 Å². The second kappa shape index (κ2) is 9.19. The highest BCUT2D eigenvalue weighted by atomic mass is 16.2. The van der Waals surface area contributed by atoms with Gasteiger partial charge in [0.25, 0.3) is 0 Å². The summed E-state index contributed by atoms with van der Waals surface area (Å²) in [6, 6.07) is 11.1. The van der Waals surface area contributed by atoms with Crippen molar-refractivity contribution in [1.82, 2.24) is 15.1 Å². The van der Waals surface area contributed by atoms with E-state index in [1.165, 1.54) is 31.2 Å². The van der Waals surface area contributed by atoms with Crippen LogP contribution >= 0.6 is 0 Å². The maximum atomic E-state index is 12.3. The van der Waals surface area contributed by atoms with Gasteiger partial charge in [-0.15, -0.1) is 0 Å². The van der Waals surface area contributed by atoms with Crippen molar-refractivity contribution in [2.75, 3.05) is 32.7 Å². The first kappa shape index (κ1) is 17.4. The number of benzene rings is 1. The summed E-state index contributed by atoms with van der Waals surface area (Å²) in [5.74, 6) is 0.221. The molecule has 0 spiro atoms. The van der Waals surface area contributed by atoms with E-state index in [0.29, 0.717) is 12.6 Å². The average Bonchev–Trinajstić information content (AvgIpc) is 2.86. The zero-order chi connectivity index (χ0) is 16.6. The summed E-state index contributed by atoms with van der Waals surface area (Å²) < 4.78 is 0. The molecule has 1 heterocycles. The summed E-state index contributed by atoms with van der Waals surface area (Å²) in [7, 11) is 0. The molecule has 132 valence electrons. The largest absolute Gasteiger partial charge is 0.352 e. The van der Waals surface area contributed by atoms with Gasteiger partial charge in [-0.25, -0.2) is 0 Å². The fourth-order valence-corrected chi connectivity index (χ4v) is 3.85. The molecule has 2 fully saturated rings. The molecule has 4 nitrogen and oxygen atoms in total. The van der Waals surface area contributed by atoms with Gasteiger partial charge in [0.1, 0.15) is 0 Å². The van der Waals surface area contributed by atoms with E-state index in [-0.39, 0.29) is 5.91 Å². The van der Waals surface area contributed by atoms with Gasteiger partial charge in [0.15, 0.2) is 0 Å². The Morgan fingerprint density at radius 3 is 2.21 bits per heavy atom. The fraction of sp³-hybridized carbons (Fsp3) is 0.650. The third-order valence-corrected chi connectivity index (χ3v) is 5.30. The molecule has 24 heavy (non-hydrogen) atoms. The number of hydrogen-bond acceptors (Lipinski definition) is 3. The number of amides is 1. The van der Waals surface area contributed by atoms with Gasteiger partial charge in [0.2, 0.25) is 5.91 Å². The van der Waals surface area contributed by atoms with Crippen LogP contribution in [0.3, 0.4) is 0 Å². The van der Waals surface area contributed by atoms with Gasteiger partial charge in [-0.2, -0.15) is 0 Å². The molecular weight excluding hydrogens is 298 g/mol. The molecular formula is C20H31N3O. The van der Waals surface area contributed by atoms with Crippen molar-refractivity contribution in [1.29, 1.82) is 0 Å². The summed E-state index contributed by atoms with van der Waals surface area (Å²) in [4.78, 5) is 17.1. The molecule has 0 radical (unpaired) electrons. The lowest BCUT2D eigenvalue weighted by Crippen LogP contribution is -2.50. The van der Waals surface area contributed by atoms with E-state index in [1.807, 2.05) is 0 Å². The normalized spacial score (nSPS) is 21.3. The summed E-state index contributed by atoms with van der Waals surface area (Å²) in [6.45, 7) is 5.66. The van der Waals surface area contributed by atoms with Gasteiger partial charge in [0.05, 0.1) is 6.54 Å². The smallest absolute Gasteiger partial charge is 0.234 e. The lowest BCUT2D eigenvalue weighted by atomic mass is 10.1. The first-order chi connectivity index (χ1) is 11.8. The molecule has 3 rings (SSSR count). The SMILES string of the molecule is O=C(CN1CCN(Cc2ccccc2)CC1)NC1CCCCCC1. The van der Waals surface area contributed by atoms with Crippen molar-refractivity contribution < 1.29 is 4.79 Å². The Bertz CT molecular complexity index is 489. The molecule has 1 amide bonds. The van der Waals surface area contributed by atoms with E-state index in [1.54, 1.807) is 0 Å². The molecule has 0 bridgehead atoms. The molecule has 1 aromatic rings. The quantitative estimate of drug-likeness (QED) is 0.844. The highest BCUT2D eigenvalue weighted by Crippen LogP contribution is 2.17. The predicted molar refractivity (Wildman–Crippen MR) is 97.8 cm³/mol. The van der Waals surface area contributed by atoms with Crippen LogP contribution in [-0.2, 0) is 11.3 Å². The van der Waals surface area contributed by atoms with Gasteiger partial charge < -0.3 is 5.32 Å². The molecule has 2 aliphatic rings. The molecule has 0 aromatic heterocycles. The standard InChI is InChI=1S/C20H31N3O/c24-20(21-19-10-6-1-2-7-11-19)17-23-14-12-22(13-15-23)16-18-8-4-3-5-9-18/h3-5,8-9,19H,1-2,6-7,10-17H2,(H,21,24). The van der Waals surface area contributed by atoms with Gasteiger partial charge in [0, 0.05) is 38.8 Å². The number of nitrogens with zero attached hydrogens (tertiary/aromatic N) is 2. The summed E-state index contributed by atoms with van der Waals surface area (Å²) in [5, 5.41) is 3.26. The van der Waals surface area contributed by atoms with E-state index in [9.17, 15) is 4.79 Å². The van der Waals surface area contributed by atoms with Crippen molar-refractivity contribution in [3.8, 4) is 0 Å². The van der Waals surface area contributed by atoms with Gasteiger partial charge >= 0.3 is 0 Å². The number of hydrogen-bond donors (Lipinski definition) is 1. The van der Waals surface area contributed by atoms with E-state index >= 15 is 0 Å². The zero-order valence-electron chi connectivity index (χ0n) is 14.8. The Labute approximate surface area is 146 Å². The number of rotatable bonds is 5. The van der Waals surface area contributed by atoms with Crippen molar-refractivity contribution >= 4 is 5.91 Å². The minimum Gasteiger partial charge on any atom is -0.352 e. The lowest BCUT2D eigenvalue weighted by molar-refractivity contribution is -0.123. The molecule has 1 saturated heterocycles. The van der Waals surface area contributed by atoms with Crippen LogP contribution in [0.15, 0.2) is 30.3 Å². The maximum absolute atomic E-state index is 12.3. The zero-order valence-corrected chi connectivity index (χ0v) is 14.8. The number of nitrogens with one attached hydrogen (secondary N) is 1. The Kier molecular flexibility index (Phi) is 6.67. The number of carbonyl (C=O) groups excluding carboxylic acids is 1. The van der Waals surface area contributed by atoms with Crippen molar-refractivity contribution in [2.24, 2.45) is 0 Å². The second-order valence-electron chi connectivity index (χ2n) is 7.29. The van der Waals surface area contributed by atoms with Crippen LogP contribution < -0.4 is 5.32 Å². The Balaban J connectivity index is 1.36. The fourth-order valence-electron chi connectivity index (χ4n) is 3.85. The first-order valence-electron chi connectivity index (χ1n) is 9.57. The van der Waals surface area contributed by atoms with Crippen LogP contribution in [0, 0.1) is 0 Å². The lowest BCUT2D eigenvalue weighted by Gasteiger charge is -2.34. The van der Waals surface area contributed by atoms with Gasteiger partial charge in [-0.05, 0) is 18.4 Å². The minimum absolute atomic E-state index is 0.221. The topological polar surface area (TPSA) is 35.6 Å². The average molecular weight is 329 g/mol. The Morgan fingerprint density at radius 2 is 1.54 bits per heavy atom. The van der Waals surface area contributed by atoms with Crippen molar-refractivity contribution in [3.05, 3.63) is 35.9 Å². The Morgan fingerprint density at radius 1 is 0.917 bits per heavy atom. The molecule has 1 N–H and O–H groups in total. The Hall–Kier alpha value is -1.39. The highest BCUT2D eigenvalue weighted by molar-refractivity contribution is 5.78. The van der Waals surface area contributed by atoms with Crippen molar-refractivity contribution in [2.45, 2.75) is 51.1 Å². The minimum atomic E-state index is 0.221. The van der Waals surface area contributed by atoms with E-state index in [0.717, 1.165) is 45.6 Å². The number of piperazine rings is 1. The van der Waals surface area contributed by atoms with Gasteiger partial charge in [-0.1, -0.05) is 56.0 Å². The molecule has 1 saturated carbocycles. The van der Waals surface area contributed by atoms with Crippen LogP contribution in [0.5, 0.6) is 0 Å². The van der Waals surface area contributed by atoms with E-state index in [4.69, 9.17) is 0 Å². The highest BCUT2D eigenvalue weighted by Gasteiger charge is 2.20. The van der Waals surface area contributed by atoms with Crippen LogP contribution in [0.25, 0.3) is 0 Å². The van der Waals surface area contributed by atoms with Crippen LogP contribution in [0.4, 0.5) is 0 Å². The first-order valence-corrected chi connectivity index (χ1v) is 9.57. The molecule has 1 aliphatic carbocycles. The summed E-state index contributed by atoms with van der Waals surface area (Å²) in [5.41, 5.74) is 1.37. The number of carbonyl (C=O) groups is 1. The molecule has 0 unspecified atom stereocenters. The summed E-state index contributed by atoms with van der Waals surface area (Å²) in [6.07, 6.45) is 7.52. The van der Waals surface area contributed by atoms with Gasteiger partial charge in [-0.3, -0.25) is 14.6 Å². The van der Waals surface area contributed by atoms with E-state index < -0.39 is 0 Å². The molecule has 4 heteroatoms. The predicted octanol–water partition coefficient (Wildman–Crippen LogP) is 2.64. The molecule has 1 aliphatic heterocycles. The molecule has 0 atom stereocenters. The van der Waals surface area contributed by atoms with Crippen LogP contribution in [0.1, 0.15) is 44.1 Å². The maximum Gasteiger partial charge on any atom is 0.234 e. The third-order valence-electron chi connectivity index (χ3n) is 5.30. The second-order valence-corrected chi connectivity index (χ2v) is 7.29. The van der Waals surface area contributed by atoms with Crippen LogP contribution in [-0.4, -0.2) is 54.5 Å². The molecule has 1 aromatic carbocycles. The monoisotopic (exact) mass is 329 g/mol.